The van der Waals surface area contributed by atoms with Crippen LogP contribution in [0.3, 0.4) is 0 Å². The fourth-order valence-electron chi connectivity index (χ4n) is 4.51. The number of amides is 1. The van der Waals surface area contributed by atoms with Crippen LogP contribution in [0.15, 0.2) is 41.4 Å². The molecule has 29 heavy (non-hydrogen) atoms. The Morgan fingerprint density at radius 1 is 1.07 bits per heavy atom. The van der Waals surface area contributed by atoms with Gasteiger partial charge in [-0.2, -0.15) is 18.2 Å². The quantitative estimate of drug-likeness (QED) is 0.678. The molecule has 1 unspecified atom stereocenters. The highest BCUT2D eigenvalue weighted by atomic mass is 19.4. The van der Waals surface area contributed by atoms with E-state index in [0.717, 1.165) is 32.0 Å². The van der Waals surface area contributed by atoms with Gasteiger partial charge in [-0.25, -0.2) is 4.98 Å². The van der Waals surface area contributed by atoms with Gasteiger partial charge in [-0.1, -0.05) is 18.2 Å². The van der Waals surface area contributed by atoms with Gasteiger partial charge < -0.3 is 9.64 Å². The van der Waals surface area contributed by atoms with Gasteiger partial charge >= 0.3 is 6.18 Å². The summed E-state index contributed by atoms with van der Waals surface area (Å²) in [6, 6.07) is 9.33. The predicted octanol–water partition coefficient (Wildman–Crippen LogP) is 3.55. The van der Waals surface area contributed by atoms with Crippen molar-refractivity contribution in [3.63, 3.8) is 0 Å². The molecule has 1 aromatic heterocycles. The first-order chi connectivity index (χ1) is 13.9. The van der Waals surface area contributed by atoms with Crippen molar-refractivity contribution in [2.75, 3.05) is 19.7 Å². The number of halogens is 3. The normalized spacial score (nSPS) is 23.5. The summed E-state index contributed by atoms with van der Waals surface area (Å²) in [4.78, 5) is 23.8. The molecule has 4 heterocycles. The molecule has 1 saturated heterocycles. The first-order valence-corrected chi connectivity index (χ1v) is 9.61. The molecule has 1 fully saturated rings. The Balaban J connectivity index is 1.79. The summed E-state index contributed by atoms with van der Waals surface area (Å²) in [7, 11) is 0. The average Bonchev–Trinajstić information content (AvgIpc) is 3.24. The van der Waals surface area contributed by atoms with E-state index in [4.69, 9.17) is 4.74 Å². The Hall–Kier alpha value is -2.90. The van der Waals surface area contributed by atoms with Gasteiger partial charge in [0.25, 0.3) is 5.91 Å². The van der Waals surface area contributed by atoms with E-state index in [9.17, 15) is 18.0 Å². The number of hydrogen-bond donors (Lipinski definition) is 0. The van der Waals surface area contributed by atoms with E-state index >= 15 is 0 Å². The van der Waals surface area contributed by atoms with Crippen LogP contribution >= 0.6 is 0 Å². The largest absolute Gasteiger partial charge is 0.493 e. The van der Waals surface area contributed by atoms with Crippen LogP contribution in [0.2, 0.25) is 0 Å². The van der Waals surface area contributed by atoms with E-state index in [-0.39, 0.29) is 18.7 Å². The van der Waals surface area contributed by atoms with Crippen molar-refractivity contribution in [3.8, 4) is 5.75 Å². The summed E-state index contributed by atoms with van der Waals surface area (Å²) in [6.45, 7) is 1.65. The number of fused-ring (bicyclic) bond motifs is 4. The zero-order valence-corrected chi connectivity index (χ0v) is 15.5. The monoisotopic (exact) mass is 401 g/mol. The molecule has 0 N–H and O–H groups in total. The third-order valence-electron chi connectivity index (χ3n) is 5.89. The van der Waals surface area contributed by atoms with Crippen molar-refractivity contribution in [1.82, 2.24) is 9.88 Å². The van der Waals surface area contributed by atoms with Gasteiger partial charge in [-0.15, -0.1) is 0 Å². The number of carbonyl (C=O) groups excluding carboxylic acids is 1. The first kappa shape index (κ1) is 18.1. The molecule has 0 aliphatic carbocycles. The molecule has 1 atom stereocenters. The zero-order chi connectivity index (χ0) is 20.2. The van der Waals surface area contributed by atoms with E-state index in [1.54, 1.807) is 24.3 Å². The van der Waals surface area contributed by atoms with Crippen molar-refractivity contribution < 1.29 is 22.7 Å². The van der Waals surface area contributed by atoms with Crippen LogP contribution in [0.1, 0.15) is 41.8 Å². The number of hydrogen-bond acceptors (Lipinski definition) is 4. The minimum Gasteiger partial charge on any atom is -0.493 e. The zero-order valence-electron chi connectivity index (χ0n) is 15.5. The van der Waals surface area contributed by atoms with Gasteiger partial charge in [-0.05, 0) is 31.0 Å². The maximum Gasteiger partial charge on any atom is 0.433 e. The molecule has 1 aromatic carbocycles. The number of aliphatic imine (C=N–C) groups is 1. The van der Waals surface area contributed by atoms with Crippen LogP contribution in [-0.2, 0) is 16.4 Å². The summed E-state index contributed by atoms with van der Waals surface area (Å²) < 4.78 is 46.2. The third kappa shape index (κ3) is 2.65. The van der Waals surface area contributed by atoms with Gasteiger partial charge in [0.15, 0.2) is 0 Å². The minimum absolute atomic E-state index is 0.130. The lowest BCUT2D eigenvalue weighted by Crippen LogP contribution is -2.48. The number of aromatic nitrogens is 1. The molecular weight excluding hydrogens is 383 g/mol. The van der Waals surface area contributed by atoms with E-state index < -0.39 is 23.2 Å². The SMILES string of the molecule is O=C1N=C(N2CCCC2)c2ccc(C(F)(F)F)nc2C12CCOc1ccccc12. The Morgan fingerprint density at radius 3 is 2.59 bits per heavy atom. The topological polar surface area (TPSA) is 54.8 Å². The number of ether oxygens (including phenoxy) is 1. The highest BCUT2D eigenvalue weighted by Crippen LogP contribution is 2.48. The fourth-order valence-corrected chi connectivity index (χ4v) is 4.51. The molecule has 3 aliphatic heterocycles. The number of nitrogens with zero attached hydrogens (tertiary/aromatic N) is 3. The van der Waals surface area contributed by atoms with Crippen molar-refractivity contribution in [2.45, 2.75) is 30.9 Å². The number of benzene rings is 1. The van der Waals surface area contributed by atoms with Crippen LogP contribution in [0.4, 0.5) is 13.2 Å². The van der Waals surface area contributed by atoms with E-state index in [1.807, 2.05) is 4.90 Å². The van der Waals surface area contributed by atoms with Gasteiger partial charge in [0.1, 0.15) is 22.7 Å². The number of alkyl halides is 3. The minimum atomic E-state index is -4.60. The van der Waals surface area contributed by atoms with Crippen LogP contribution in [0.25, 0.3) is 0 Å². The van der Waals surface area contributed by atoms with Crippen LogP contribution in [-0.4, -0.2) is 41.3 Å². The number of carbonyl (C=O) groups is 1. The summed E-state index contributed by atoms with van der Waals surface area (Å²) in [5.74, 6) is 0.435. The van der Waals surface area contributed by atoms with Crippen molar-refractivity contribution in [1.29, 1.82) is 0 Å². The van der Waals surface area contributed by atoms with Crippen LogP contribution in [0.5, 0.6) is 5.75 Å². The second-order valence-corrected chi connectivity index (χ2v) is 7.53. The highest BCUT2D eigenvalue weighted by molar-refractivity contribution is 6.13. The molecule has 1 spiro atoms. The van der Waals surface area contributed by atoms with Crippen molar-refractivity contribution in [2.24, 2.45) is 4.99 Å². The Morgan fingerprint density at radius 2 is 1.83 bits per heavy atom. The van der Waals surface area contributed by atoms with Gasteiger partial charge in [0.2, 0.25) is 0 Å². The van der Waals surface area contributed by atoms with Crippen molar-refractivity contribution in [3.05, 3.63) is 58.9 Å². The number of para-hydroxylation sites is 1. The number of pyridine rings is 1. The summed E-state index contributed by atoms with van der Waals surface area (Å²) in [5, 5.41) is 0. The number of amidine groups is 1. The lowest BCUT2D eigenvalue weighted by molar-refractivity contribution is -0.141. The van der Waals surface area contributed by atoms with Gasteiger partial charge in [0, 0.05) is 30.6 Å². The molecule has 0 radical (unpaired) electrons. The Labute approximate surface area is 165 Å². The Kier molecular flexibility index (Phi) is 3.94. The standard InChI is InChI=1S/C21H18F3N3O2/c22-21(23,24)16-8-7-13-17(25-16)20(9-12-29-15-6-2-1-5-14(15)20)19(28)26-18(13)27-10-3-4-11-27/h1-2,5-8H,3-4,9-12H2. The molecule has 0 saturated carbocycles. The summed E-state index contributed by atoms with van der Waals surface area (Å²) in [5.41, 5.74) is -1.22. The maximum atomic E-state index is 13.5. The molecule has 1 amide bonds. The second-order valence-electron chi connectivity index (χ2n) is 7.53. The summed E-state index contributed by atoms with van der Waals surface area (Å²) >= 11 is 0. The van der Waals surface area contributed by atoms with Crippen LogP contribution in [0, 0.1) is 0 Å². The fraction of sp³-hybridized carbons (Fsp3) is 0.381. The molecule has 0 bridgehead atoms. The molecule has 150 valence electrons. The van der Waals surface area contributed by atoms with Gasteiger partial charge in [0.05, 0.1) is 12.3 Å². The molecule has 8 heteroatoms. The average molecular weight is 401 g/mol. The third-order valence-corrected chi connectivity index (χ3v) is 5.89. The Bertz CT molecular complexity index is 1030. The lowest BCUT2D eigenvalue weighted by atomic mass is 9.69. The molecule has 3 aliphatic rings. The predicted molar refractivity (Wildman–Crippen MR) is 98.9 cm³/mol. The maximum absolute atomic E-state index is 13.5. The number of likely N-dealkylation sites (tertiary alicyclic amines) is 1. The summed E-state index contributed by atoms with van der Waals surface area (Å²) in [6.07, 6.45) is -2.50. The smallest absolute Gasteiger partial charge is 0.433 e. The van der Waals surface area contributed by atoms with E-state index in [2.05, 4.69) is 9.98 Å². The molecular formula is C21H18F3N3O2. The first-order valence-electron chi connectivity index (χ1n) is 9.61. The number of rotatable bonds is 0. The second kappa shape index (κ2) is 6.30. The molecule has 5 rings (SSSR count). The van der Waals surface area contributed by atoms with Gasteiger partial charge in [-0.3, -0.25) is 4.79 Å². The molecule has 2 aromatic rings. The van der Waals surface area contributed by atoms with E-state index in [1.165, 1.54) is 6.07 Å². The molecule has 5 nitrogen and oxygen atoms in total. The van der Waals surface area contributed by atoms with E-state index in [0.29, 0.717) is 22.7 Å². The lowest BCUT2D eigenvalue weighted by Gasteiger charge is -2.40. The van der Waals surface area contributed by atoms with Crippen LogP contribution < -0.4 is 4.74 Å². The van der Waals surface area contributed by atoms with Crippen molar-refractivity contribution >= 4 is 11.7 Å². The highest BCUT2D eigenvalue weighted by Gasteiger charge is 2.52.